The molecule has 1 heterocycles. The number of nitrogens with zero attached hydrogens (tertiary/aromatic N) is 2. The molecule has 7 nitrogen and oxygen atoms in total. The zero-order valence-corrected chi connectivity index (χ0v) is 14.8. The van der Waals surface area contributed by atoms with Crippen LogP contribution in [-0.2, 0) is 16.6 Å². The number of hydrogen-bond acceptors (Lipinski definition) is 5. The Hall–Kier alpha value is -2.13. The molecular formula is C15H11Cl2N3O4S. The van der Waals surface area contributed by atoms with Gasteiger partial charge in [-0.2, -0.15) is 0 Å². The summed E-state index contributed by atoms with van der Waals surface area (Å²) in [7, 11) is -4.09. The Labute approximate surface area is 152 Å². The average molecular weight is 400 g/mol. The van der Waals surface area contributed by atoms with Gasteiger partial charge in [-0.3, -0.25) is 10.1 Å². The Morgan fingerprint density at radius 2 is 1.88 bits per heavy atom. The van der Waals surface area contributed by atoms with Crippen molar-refractivity contribution in [3.8, 4) is 0 Å². The van der Waals surface area contributed by atoms with Crippen LogP contribution in [0.2, 0.25) is 10.0 Å². The number of nitrogens with two attached hydrogens (primary N) is 1. The highest BCUT2D eigenvalue weighted by atomic mass is 35.5. The largest absolute Gasteiger partial charge is 0.326 e. The van der Waals surface area contributed by atoms with Crippen molar-refractivity contribution in [3.63, 3.8) is 0 Å². The first kappa shape index (κ1) is 17.7. The molecule has 0 aliphatic rings. The predicted octanol–water partition coefficient (Wildman–Crippen LogP) is 3.55. The van der Waals surface area contributed by atoms with E-state index in [1.54, 1.807) is 18.2 Å². The van der Waals surface area contributed by atoms with E-state index in [9.17, 15) is 18.5 Å². The van der Waals surface area contributed by atoms with Gasteiger partial charge in [0.25, 0.3) is 15.7 Å². The number of hydrogen-bond donors (Lipinski definition) is 1. The molecule has 2 N–H and O–H groups in total. The number of fused-ring (bicyclic) bond motifs is 1. The maximum absolute atomic E-state index is 13.0. The summed E-state index contributed by atoms with van der Waals surface area (Å²) < 4.78 is 27.0. The topological polar surface area (TPSA) is 108 Å². The lowest BCUT2D eigenvalue weighted by Gasteiger charge is -2.08. The van der Waals surface area contributed by atoms with Crippen LogP contribution in [-0.4, -0.2) is 17.3 Å². The van der Waals surface area contributed by atoms with Gasteiger partial charge in [0.05, 0.1) is 15.3 Å². The van der Waals surface area contributed by atoms with E-state index in [2.05, 4.69) is 0 Å². The Balaban J connectivity index is 2.27. The van der Waals surface area contributed by atoms with Crippen LogP contribution in [0.1, 0.15) is 5.56 Å². The Kier molecular flexibility index (Phi) is 4.46. The standard InChI is InChI=1S/C15H11Cl2N3O4S/c16-10-1-4-14-12(5-10)9(7-18)8-19(14)25(23,24)11-2-3-13(17)15(6-11)20(21)22/h1-6,8H,7,18H2. The number of halogens is 2. The van der Waals surface area contributed by atoms with E-state index < -0.39 is 20.6 Å². The molecule has 0 aliphatic carbocycles. The summed E-state index contributed by atoms with van der Waals surface area (Å²) in [5.74, 6) is 0. The summed E-state index contributed by atoms with van der Waals surface area (Å²) in [5.41, 5.74) is 6.17. The molecule has 0 spiro atoms. The van der Waals surface area contributed by atoms with E-state index >= 15 is 0 Å². The smallest absolute Gasteiger partial charge is 0.289 e. The predicted molar refractivity (Wildman–Crippen MR) is 95.5 cm³/mol. The van der Waals surface area contributed by atoms with Crippen LogP contribution in [0.3, 0.4) is 0 Å². The summed E-state index contributed by atoms with van der Waals surface area (Å²) in [4.78, 5) is 10.0. The van der Waals surface area contributed by atoms with Gasteiger partial charge in [-0.25, -0.2) is 12.4 Å². The lowest BCUT2D eigenvalue weighted by atomic mass is 10.2. The highest BCUT2D eigenvalue weighted by Crippen LogP contribution is 2.31. The third-order valence-corrected chi connectivity index (χ3v) is 5.93. The Morgan fingerprint density at radius 1 is 1.16 bits per heavy atom. The molecule has 10 heteroatoms. The molecule has 25 heavy (non-hydrogen) atoms. The molecule has 0 bridgehead atoms. The lowest BCUT2D eigenvalue weighted by molar-refractivity contribution is -0.384. The molecular weight excluding hydrogens is 389 g/mol. The van der Waals surface area contributed by atoms with Gasteiger partial charge in [0.2, 0.25) is 0 Å². The van der Waals surface area contributed by atoms with Crippen LogP contribution in [0.25, 0.3) is 10.9 Å². The number of aromatic nitrogens is 1. The third-order valence-electron chi connectivity index (χ3n) is 3.71. The number of nitro benzene ring substituents is 1. The molecule has 2 aromatic carbocycles. The van der Waals surface area contributed by atoms with E-state index in [0.29, 0.717) is 21.5 Å². The van der Waals surface area contributed by atoms with Crippen molar-refractivity contribution in [1.29, 1.82) is 0 Å². The van der Waals surface area contributed by atoms with Gasteiger partial charge in [0.15, 0.2) is 0 Å². The molecule has 3 rings (SSSR count). The van der Waals surface area contributed by atoms with E-state index in [-0.39, 0.29) is 16.5 Å². The zero-order valence-electron chi connectivity index (χ0n) is 12.5. The third kappa shape index (κ3) is 2.98. The minimum atomic E-state index is -4.09. The SMILES string of the molecule is NCc1cn(S(=O)(=O)c2ccc(Cl)c([N+](=O)[O-])c2)c2ccc(Cl)cc12. The molecule has 0 unspecified atom stereocenters. The molecule has 130 valence electrons. The van der Waals surface area contributed by atoms with Gasteiger partial charge in [0, 0.05) is 29.2 Å². The van der Waals surface area contributed by atoms with Crippen LogP contribution < -0.4 is 5.73 Å². The number of rotatable bonds is 4. The van der Waals surface area contributed by atoms with E-state index in [1.165, 1.54) is 18.3 Å². The summed E-state index contributed by atoms with van der Waals surface area (Å²) in [6.07, 6.45) is 1.39. The summed E-state index contributed by atoms with van der Waals surface area (Å²) in [5, 5.41) is 11.9. The maximum Gasteiger partial charge on any atom is 0.289 e. The highest BCUT2D eigenvalue weighted by Gasteiger charge is 2.24. The molecule has 0 radical (unpaired) electrons. The van der Waals surface area contributed by atoms with E-state index in [0.717, 1.165) is 10.0 Å². The lowest BCUT2D eigenvalue weighted by Crippen LogP contribution is -2.12. The minimum absolute atomic E-state index is 0.111. The van der Waals surface area contributed by atoms with Crippen LogP contribution in [0, 0.1) is 10.1 Å². The maximum atomic E-state index is 13.0. The van der Waals surface area contributed by atoms with Crippen LogP contribution in [0.4, 0.5) is 5.69 Å². The molecule has 3 aromatic rings. The van der Waals surface area contributed by atoms with Gasteiger partial charge < -0.3 is 5.73 Å². The fourth-order valence-electron chi connectivity index (χ4n) is 2.51. The first-order valence-electron chi connectivity index (χ1n) is 6.95. The van der Waals surface area contributed by atoms with Crippen LogP contribution in [0.5, 0.6) is 0 Å². The van der Waals surface area contributed by atoms with Crippen molar-refractivity contribution in [2.24, 2.45) is 5.73 Å². The van der Waals surface area contributed by atoms with Gasteiger partial charge in [-0.15, -0.1) is 0 Å². The molecule has 0 aliphatic heterocycles. The second-order valence-electron chi connectivity index (χ2n) is 5.19. The van der Waals surface area contributed by atoms with Crippen LogP contribution in [0.15, 0.2) is 47.5 Å². The fraction of sp³-hybridized carbons (Fsp3) is 0.0667. The molecule has 0 saturated carbocycles. The molecule has 1 aromatic heterocycles. The van der Waals surface area contributed by atoms with E-state index in [1.807, 2.05) is 0 Å². The van der Waals surface area contributed by atoms with Crippen LogP contribution >= 0.6 is 23.2 Å². The van der Waals surface area contributed by atoms with Crippen molar-refractivity contribution in [1.82, 2.24) is 3.97 Å². The van der Waals surface area contributed by atoms with Crippen molar-refractivity contribution >= 4 is 49.8 Å². The summed E-state index contributed by atoms with van der Waals surface area (Å²) in [6, 6.07) is 8.06. The highest BCUT2D eigenvalue weighted by molar-refractivity contribution is 7.90. The van der Waals surface area contributed by atoms with E-state index in [4.69, 9.17) is 28.9 Å². The van der Waals surface area contributed by atoms with Gasteiger partial charge in [-0.1, -0.05) is 23.2 Å². The number of benzene rings is 2. The van der Waals surface area contributed by atoms with Gasteiger partial charge in [-0.05, 0) is 35.9 Å². The van der Waals surface area contributed by atoms with Crippen molar-refractivity contribution in [2.45, 2.75) is 11.4 Å². The first-order valence-corrected chi connectivity index (χ1v) is 9.14. The molecule has 0 fully saturated rings. The first-order chi connectivity index (χ1) is 11.8. The van der Waals surface area contributed by atoms with Gasteiger partial charge in [0.1, 0.15) is 5.02 Å². The molecule has 0 atom stereocenters. The second-order valence-corrected chi connectivity index (χ2v) is 7.85. The fourth-order valence-corrected chi connectivity index (χ4v) is 4.28. The quantitative estimate of drug-likeness (QED) is 0.532. The van der Waals surface area contributed by atoms with Crippen molar-refractivity contribution in [3.05, 3.63) is 68.3 Å². The van der Waals surface area contributed by atoms with Crippen molar-refractivity contribution < 1.29 is 13.3 Å². The summed E-state index contributed by atoms with van der Waals surface area (Å²) >= 11 is 11.7. The average Bonchev–Trinajstić information content (AvgIpc) is 2.93. The number of nitro groups is 1. The summed E-state index contributed by atoms with van der Waals surface area (Å²) in [6.45, 7) is 0.111. The molecule has 0 amide bonds. The zero-order chi connectivity index (χ0) is 18.4. The Morgan fingerprint density at radius 3 is 2.52 bits per heavy atom. The normalized spacial score (nSPS) is 11.8. The second kappa shape index (κ2) is 6.30. The molecule has 0 saturated heterocycles. The van der Waals surface area contributed by atoms with Gasteiger partial charge >= 0.3 is 0 Å². The Bertz CT molecular complexity index is 1110. The minimum Gasteiger partial charge on any atom is -0.326 e. The van der Waals surface area contributed by atoms with Crippen molar-refractivity contribution in [2.75, 3.05) is 0 Å². The monoisotopic (exact) mass is 399 g/mol.